The van der Waals surface area contributed by atoms with Gasteiger partial charge in [-0.1, -0.05) is 0 Å². The van der Waals surface area contributed by atoms with Gasteiger partial charge < -0.3 is 15.0 Å². The fourth-order valence-electron chi connectivity index (χ4n) is 3.62. The molecule has 1 aromatic rings. The van der Waals surface area contributed by atoms with Crippen LogP contribution in [0.2, 0.25) is 0 Å². The van der Waals surface area contributed by atoms with Gasteiger partial charge >= 0.3 is 0 Å². The molecule has 6 heteroatoms. The maximum absolute atomic E-state index is 12.9. The molecule has 1 aliphatic heterocycles. The van der Waals surface area contributed by atoms with E-state index in [4.69, 9.17) is 4.74 Å². The highest BCUT2D eigenvalue weighted by Gasteiger charge is 2.32. The van der Waals surface area contributed by atoms with Gasteiger partial charge in [0.15, 0.2) is 0 Å². The molecule has 0 unspecified atom stereocenters. The zero-order valence-corrected chi connectivity index (χ0v) is 15.5. The Kier molecular flexibility index (Phi) is 5.13. The summed E-state index contributed by atoms with van der Waals surface area (Å²) in [5, 5.41) is 2.97. The van der Waals surface area contributed by atoms with Crippen LogP contribution in [0, 0.1) is 5.92 Å². The van der Waals surface area contributed by atoms with Gasteiger partial charge in [0.25, 0.3) is 5.91 Å². The van der Waals surface area contributed by atoms with E-state index in [-0.39, 0.29) is 23.8 Å². The highest BCUT2D eigenvalue weighted by atomic mass is 32.1. The first kappa shape index (κ1) is 17.3. The SMILES string of the molecule is COc1c(C(=O)N2CCC(C(=O)NC(C)C)CC2)sc2c1CCC2. The number of rotatable bonds is 4. The molecule has 0 aromatic carbocycles. The van der Waals surface area contributed by atoms with Crippen molar-refractivity contribution in [3.63, 3.8) is 0 Å². The summed E-state index contributed by atoms with van der Waals surface area (Å²) < 4.78 is 5.54. The first-order valence-corrected chi connectivity index (χ1v) is 9.61. The number of hydrogen-bond donors (Lipinski definition) is 1. The van der Waals surface area contributed by atoms with Gasteiger partial charge in [-0.3, -0.25) is 9.59 Å². The number of nitrogens with one attached hydrogen (secondary N) is 1. The number of carbonyl (C=O) groups excluding carboxylic acids is 2. The topological polar surface area (TPSA) is 58.6 Å². The number of thiophene rings is 1. The van der Waals surface area contributed by atoms with Crippen molar-refractivity contribution in [2.75, 3.05) is 20.2 Å². The lowest BCUT2D eigenvalue weighted by Gasteiger charge is -2.31. The number of nitrogens with zero attached hydrogens (tertiary/aromatic N) is 1. The normalized spacial score (nSPS) is 17.9. The van der Waals surface area contributed by atoms with Crippen LogP contribution in [0.15, 0.2) is 0 Å². The lowest BCUT2D eigenvalue weighted by atomic mass is 9.95. The highest BCUT2D eigenvalue weighted by molar-refractivity contribution is 7.14. The molecule has 1 N–H and O–H groups in total. The van der Waals surface area contributed by atoms with Crippen molar-refractivity contribution < 1.29 is 14.3 Å². The quantitative estimate of drug-likeness (QED) is 0.908. The summed E-state index contributed by atoms with van der Waals surface area (Å²) in [6.07, 6.45) is 4.69. The molecule has 24 heavy (non-hydrogen) atoms. The molecular formula is C18H26N2O3S. The molecule has 1 aliphatic carbocycles. The third-order valence-electron chi connectivity index (χ3n) is 4.86. The molecule has 0 radical (unpaired) electrons. The number of ether oxygens (including phenoxy) is 1. The minimum Gasteiger partial charge on any atom is -0.495 e. The van der Waals surface area contributed by atoms with Crippen molar-refractivity contribution in [2.45, 2.75) is 52.0 Å². The number of aryl methyl sites for hydroxylation is 1. The summed E-state index contributed by atoms with van der Waals surface area (Å²) in [4.78, 5) is 28.9. The zero-order valence-electron chi connectivity index (χ0n) is 14.7. The molecule has 3 rings (SSSR count). The van der Waals surface area contributed by atoms with E-state index in [9.17, 15) is 9.59 Å². The molecule has 2 heterocycles. The predicted molar refractivity (Wildman–Crippen MR) is 94.8 cm³/mol. The Morgan fingerprint density at radius 1 is 1.25 bits per heavy atom. The van der Waals surface area contributed by atoms with E-state index in [1.54, 1.807) is 18.4 Å². The van der Waals surface area contributed by atoms with Crippen LogP contribution in [0.25, 0.3) is 0 Å². The lowest BCUT2D eigenvalue weighted by Crippen LogP contribution is -2.44. The standard InChI is InChI=1S/C18H26N2O3S/c1-11(2)19-17(21)12-7-9-20(10-8-12)18(22)16-15(23-3)13-5-4-6-14(13)24-16/h11-12H,4-10H2,1-3H3,(H,19,21). The second-order valence-corrected chi connectivity index (χ2v) is 8.05. The second-order valence-electron chi connectivity index (χ2n) is 6.95. The van der Waals surface area contributed by atoms with Crippen LogP contribution in [0.4, 0.5) is 0 Å². The van der Waals surface area contributed by atoms with Crippen molar-refractivity contribution >= 4 is 23.2 Å². The number of amides is 2. The monoisotopic (exact) mass is 350 g/mol. The van der Waals surface area contributed by atoms with E-state index in [2.05, 4.69) is 5.32 Å². The van der Waals surface area contributed by atoms with E-state index in [1.165, 1.54) is 10.4 Å². The van der Waals surface area contributed by atoms with E-state index in [1.807, 2.05) is 18.7 Å². The maximum atomic E-state index is 12.9. The van der Waals surface area contributed by atoms with Crippen LogP contribution in [-0.2, 0) is 17.6 Å². The summed E-state index contributed by atoms with van der Waals surface area (Å²) in [5.74, 6) is 0.989. The molecule has 1 saturated heterocycles. The summed E-state index contributed by atoms with van der Waals surface area (Å²) in [6.45, 7) is 5.22. The summed E-state index contributed by atoms with van der Waals surface area (Å²) in [7, 11) is 1.65. The minimum absolute atomic E-state index is 0.0201. The van der Waals surface area contributed by atoms with E-state index in [0.717, 1.165) is 42.7 Å². The van der Waals surface area contributed by atoms with Gasteiger partial charge in [0.05, 0.1) is 7.11 Å². The van der Waals surface area contributed by atoms with Gasteiger partial charge in [0.1, 0.15) is 10.6 Å². The Hall–Kier alpha value is -1.56. The van der Waals surface area contributed by atoms with Crippen molar-refractivity contribution in [3.8, 4) is 5.75 Å². The molecule has 5 nitrogen and oxygen atoms in total. The molecule has 2 aliphatic rings. The first-order chi connectivity index (χ1) is 11.5. The largest absolute Gasteiger partial charge is 0.495 e. The van der Waals surface area contributed by atoms with Gasteiger partial charge in [0.2, 0.25) is 5.91 Å². The maximum Gasteiger partial charge on any atom is 0.267 e. The molecule has 1 aromatic heterocycles. The Bertz CT molecular complexity index is 630. The second kappa shape index (κ2) is 7.13. The third-order valence-corrected chi connectivity index (χ3v) is 6.12. The van der Waals surface area contributed by atoms with Crippen LogP contribution in [0.5, 0.6) is 5.75 Å². The predicted octanol–water partition coefficient (Wildman–Crippen LogP) is 2.62. The van der Waals surface area contributed by atoms with Crippen LogP contribution >= 0.6 is 11.3 Å². The minimum atomic E-state index is 0.0201. The van der Waals surface area contributed by atoms with E-state index in [0.29, 0.717) is 13.1 Å². The summed E-state index contributed by atoms with van der Waals surface area (Å²) >= 11 is 1.59. The molecule has 2 amide bonds. The molecule has 0 atom stereocenters. The van der Waals surface area contributed by atoms with Crippen LogP contribution in [-0.4, -0.2) is 43.0 Å². The van der Waals surface area contributed by atoms with Crippen LogP contribution in [0.3, 0.4) is 0 Å². The van der Waals surface area contributed by atoms with Gasteiger partial charge in [-0.15, -0.1) is 11.3 Å². The number of likely N-dealkylation sites (tertiary alicyclic amines) is 1. The molecular weight excluding hydrogens is 324 g/mol. The van der Waals surface area contributed by atoms with Gasteiger partial charge in [-0.05, 0) is 46.0 Å². The number of hydrogen-bond acceptors (Lipinski definition) is 4. The Morgan fingerprint density at radius 3 is 2.58 bits per heavy atom. The van der Waals surface area contributed by atoms with Crippen molar-refractivity contribution in [2.24, 2.45) is 5.92 Å². The highest BCUT2D eigenvalue weighted by Crippen LogP contribution is 2.41. The summed E-state index contributed by atoms with van der Waals surface area (Å²) in [6, 6.07) is 0.162. The number of fused-ring (bicyclic) bond motifs is 1. The van der Waals surface area contributed by atoms with Crippen molar-refractivity contribution in [1.82, 2.24) is 10.2 Å². The zero-order chi connectivity index (χ0) is 17.3. The average Bonchev–Trinajstić information content (AvgIpc) is 3.14. The van der Waals surface area contributed by atoms with Crippen LogP contribution in [0.1, 0.15) is 53.2 Å². The lowest BCUT2D eigenvalue weighted by molar-refractivity contribution is -0.126. The Morgan fingerprint density at radius 2 is 1.96 bits per heavy atom. The molecule has 0 spiro atoms. The van der Waals surface area contributed by atoms with Gasteiger partial charge in [0, 0.05) is 35.5 Å². The van der Waals surface area contributed by atoms with Crippen LogP contribution < -0.4 is 10.1 Å². The smallest absolute Gasteiger partial charge is 0.267 e. The van der Waals surface area contributed by atoms with Gasteiger partial charge in [-0.2, -0.15) is 0 Å². The van der Waals surface area contributed by atoms with E-state index >= 15 is 0 Å². The van der Waals surface area contributed by atoms with Crippen molar-refractivity contribution in [1.29, 1.82) is 0 Å². The third kappa shape index (κ3) is 3.29. The number of methoxy groups -OCH3 is 1. The average molecular weight is 350 g/mol. The molecule has 1 fully saturated rings. The van der Waals surface area contributed by atoms with Crippen molar-refractivity contribution in [3.05, 3.63) is 15.3 Å². The van der Waals surface area contributed by atoms with E-state index < -0.39 is 0 Å². The molecule has 0 bridgehead atoms. The Labute approximate surface area is 147 Å². The fourth-order valence-corrected chi connectivity index (χ4v) is 4.95. The Balaban J connectivity index is 1.65. The number of piperidine rings is 1. The van der Waals surface area contributed by atoms with Gasteiger partial charge in [-0.25, -0.2) is 0 Å². The first-order valence-electron chi connectivity index (χ1n) is 8.79. The molecule has 132 valence electrons. The summed E-state index contributed by atoms with van der Waals surface area (Å²) in [5.41, 5.74) is 1.23. The number of carbonyl (C=O) groups is 2. The molecule has 0 saturated carbocycles. The fraction of sp³-hybridized carbons (Fsp3) is 0.667.